The Kier molecular flexibility index (Phi) is 3.65. The zero-order valence-electron chi connectivity index (χ0n) is 13.0. The molecule has 3 rings (SSSR count). The summed E-state index contributed by atoms with van der Waals surface area (Å²) in [4.78, 5) is 23.8. The molecule has 1 heterocycles. The van der Waals surface area contributed by atoms with Crippen molar-refractivity contribution in [3.8, 4) is 0 Å². The Hall–Kier alpha value is -3.02. The molecule has 1 aromatic heterocycles. The number of aryl methyl sites for hydroxylation is 2. The fourth-order valence-electron chi connectivity index (χ4n) is 2.58. The second-order valence-corrected chi connectivity index (χ2v) is 5.50. The molecule has 0 aliphatic heterocycles. The molecule has 0 atom stereocenters. The second-order valence-electron chi connectivity index (χ2n) is 5.50. The highest BCUT2D eigenvalue weighted by atomic mass is 16.2. The van der Waals surface area contributed by atoms with Crippen LogP contribution >= 0.6 is 0 Å². The molecule has 6 heteroatoms. The van der Waals surface area contributed by atoms with Crippen LogP contribution in [0.15, 0.2) is 52.1 Å². The number of aromatic nitrogens is 2. The van der Waals surface area contributed by atoms with Crippen molar-refractivity contribution < 1.29 is 0 Å². The van der Waals surface area contributed by atoms with E-state index in [2.05, 4.69) is 5.32 Å². The third kappa shape index (κ3) is 2.59. The van der Waals surface area contributed by atoms with E-state index in [0.717, 1.165) is 11.3 Å². The predicted molar refractivity (Wildman–Crippen MR) is 92.6 cm³/mol. The molecule has 0 amide bonds. The Morgan fingerprint density at radius 2 is 1.52 bits per heavy atom. The van der Waals surface area contributed by atoms with Crippen molar-refractivity contribution in [2.24, 2.45) is 14.1 Å². The number of benzene rings is 2. The molecular weight excluding hydrogens is 292 g/mol. The quantitative estimate of drug-likeness (QED) is 0.566. The van der Waals surface area contributed by atoms with Gasteiger partial charge >= 0.3 is 11.1 Å². The Labute approximate surface area is 132 Å². The van der Waals surface area contributed by atoms with Crippen LogP contribution < -0.4 is 22.2 Å². The largest absolute Gasteiger partial charge is 0.397 e. The van der Waals surface area contributed by atoms with E-state index in [1.807, 2.05) is 30.3 Å². The van der Waals surface area contributed by atoms with Crippen LogP contribution in [0, 0.1) is 0 Å². The maximum atomic E-state index is 12.0. The molecule has 0 unspecified atom stereocenters. The molecular formula is C17H18N4O2. The van der Waals surface area contributed by atoms with Gasteiger partial charge in [0.1, 0.15) is 0 Å². The van der Waals surface area contributed by atoms with Gasteiger partial charge in [0.25, 0.3) is 0 Å². The summed E-state index contributed by atoms with van der Waals surface area (Å²) < 4.78 is 2.68. The first-order valence-electron chi connectivity index (χ1n) is 7.26. The SMILES string of the molecule is Cn1c(=O)c(=O)n(C)c2cc(NCc3ccccc3)c(N)cc21. The molecule has 0 fully saturated rings. The lowest BCUT2D eigenvalue weighted by Gasteiger charge is -2.14. The van der Waals surface area contributed by atoms with Gasteiger partial charge in [-0.25, -0.2) is 0 Å². The minimum atomic E-state index is -0.565. The van der Waals surface area contributed by atoms with Crippen molar-refractivity contribution >= 4 is 22.4 Å². The van der Waals surface area contributed by atoms with Gasteiger partial charge in [-0.05, 0) is 17.7 Å². The molecule has 3 N–H and O–H groups in total. The van der Waals surface area contributed by atoms with Crippen molar-refractivity contribution in [2.75, 3.05) is 11.1 Å². The number of rotatable bonds is 3. The first-order chi connectivity index (χ1) is 11.0. The lowest BCUT2D eigenvalue weighted by Crippen LogP contribution is -2.39. The van der Waals surface area contributed by atoms with Gasteiger partial charge in [-0.3, -0.25) is 9.59 Å². The van der Waals surface area contributed by atoms with Gasteiger partial charge in [0.15, 0.2) is 0 Å². The number of nitrogens with zero attached hydrogens (tertiary/aromatic N) is 2. The predicted octanol–water partition coefficient (Wildman–Crippen LogP) is 1.43. The summed E-state index contributed by atoms with van der Waals surface area (Å²) in [5, 5.41) is 3.27. The highest BCUT2D eigenvalue weighted by molar-refractivity contribution is 5.87. The van der Waals surface area contributed by atoms with Gasteiger partial charge in [0.2, 0.25) is 0 Å². The molecule has 118 valence electrons. The maximum absolute atomic E-state index is 12.0. The van der Waals surface area contributed by atoms with E-state index in [-0.39, 0.29) is 0 Å². The number of nitrogen functional groups attached to an aromatic ring is 1. The van der Waals surface area contributed by atoms with Crippen LogP contribution in [0.2, 0.25) is 0 Å². The summed E-state index contributed by atoms with van der Waals surface area (Å²) in [7, 11) is 3.16. The van der Waals surface area contributed by atoms with Gasteiger partial charge < -0.3 is 20.2 Å². The molecule has 2 aromatic carbocycles. The van der Waals surface area contributed by atoms with Gasteiger partial charge in [-0.15, -0.1) is 0 Å². The first-order valence-corrected chi connectivity index (χ1v) is 7.26. The fourth-order valence-corrected chi connectivity index (χ4v) is 2.58. The first kappa shape index (κ1) is 14.9. The Morgan fingerprint density at radius 1 is 0.957 bits per heavy atom. The van der Waals surface area contributed by atoms with Gasteiger partial charge in [0, 0.05) is 20.6 Å². The molecule has 0 saturated heterocycles. The molecule has 0 aliphatic carbocycles. The van der Waals surface area contributed by atoms with Crippen LogP contribution in [-0.2, 0) is 20.6 Å². The van der Waals surface area contributed by atoms with E-state index in [9.17, 15) is 9.59 Å². The van der Waals surface area contributed by atoms with E-state index in [1.54, 1.807) is 26.2 Å². The molecule has 6 nitrogen and oxygen atoms in total. The molecule has 0 bridgehead atoms. The average molecular weight is 310 g/mol. The van der Waals surface area contributed by atoms with Crippen LogP contribution in [0.4, 0.5) is 11.4 Å². The topological polar surface area (TPSA) is 82.0 Å². The van der Waals surface area contributed by atoms with E-state index < -0.39 is 11.1 Å². The van der Waals surface area contributed by atoms with Crippen molar-refractivity contribution in [3.05, 3.63) is 68.7 Å². The zero-order chi connectivity index (χ0) is 16.6. The molecule has 0 aliphatic rings. The molecule has 0 radical (unpaired) electrons. The molecule has 23 heavy (non-hydrogen) atoms. The minimum absolute atomic E-state index is 0.530. The van der Waals surface area contributed by atoms with E-state index in [4.69, 9.17) is 5.73 Å². The molecule has 0 saturated carbocycles. The number of hydrogen-bond acceptors (Lipinski definition) is 4. The number of anilines is 2. The van der Waals surface area contributed by atoms with E-state index in [1.165, 1.54) is 9.13 Å². The summed E-state index contributed by atoms with van der Waals surface area (Å²) in [5.74, 6) is 0. The van der Waals surface area contributed by atoms with Gasteiger partial charge in [0.05, 0.1) is 22.4 Å². The minimum Gasteiger partial charge on any atom is -0.397 e. The maximum Gasteiger partial charge on any atom is 0.316 e. The number of nitrogens with one attached hydrogen (secondary N) is 1. The second kappa shape index (κ2) is 5.64. The summed E-state index contributed by atoms with van der Waals surface area (Å²) in [6.45, 7) is 0.621. The lowest BCUT2D eigenvalue weighted by atomic mass is 10.2. The standard InChI is InChI=1S/C17H18N4O2/c1-20-14-8-12(18)13(19-10-11-6-4-3-5-7-11)9-15(14)21(2)17(23)16(20)22/h3-9,19H,10,18H2,1-2H3. The van der Waals surface area contributed by atoms with Crippen LogP contribution in [0.25, 0.3) is 11.0 Å². The zero-order valence-corrected chi connectivity index (χ0v) is 13.0. The summed E-state index contributed by atoms with van der Waals surface area (Å²) in [6, 6.07) is 13.5. The Bertz CT molecular complexity index is 987. The van der Waals surface area contributed by atoms with Crippen molar-refractivity contribution in [2.45, 2.75) is 6.54 Å². The lowest BCUT2D eigenvalue weighted by molar-refractivity contribution is 0.799. The number of nitrogens with two attached hydrogens (primary N) is 1. The third-order valence-electron chi connectivity index (χ3n) is 3.99. The van der Waals surface area contributed by atoms with Crippen molar-refractivity contribution in [1.29, 1.82) is 0 Å². The van der Waals surface area contributed by atoms with E-state index >= 15 is 0 Å². The normalized spacial score (nSPS) is 10.9. The fraction of sp³-hybridized carbons (Fsp3) is 0.176. The summed E-state index contributed by atoms with van der Waals surface area (Å²) >= 11 is 0. The summed E-state index contributed by atoms with van der Waals surface area (Å²) in [6.07, 6.45) is 0. The number of hydrogen-bond donors (Lipinski definition) is 2. The van der Waals surface area contributed by atoms with Crippen LogP contribution in [0.5, 0.6) is 0 Å². The molecule has 0 spiro atoms. The van der Waals surface area contributed by atoms with Crippen molar-refractivity contribution in [3.63, 3.8) is 0 Å². The monoisotopic (exact) mass is 310 g/mol. The van der Waals surface area contributed by atoms with Crippen molar-refractivity contribution in [1.82, 2.24) is 9.13 Å². The van der Waals surface area contributed by atoms with Gasteiger partial charge in [-0.2, -0.15) is 0 Å². The highest BCUT2D eigenvalue weighted by Crippen LogP contribution is 2.24. The van der Waals surface area contributed by atoms with Crippen LogP contribution in [-0.4, -0.2) is 9.13 Å². The van der Waals surface area contributed by atoms with E-state index in [0.29, 0.717) is 23.3 Å². The summed E-state index contributed by atoms with van der Waals surface area (Å²) in [5.41, 5.74) is 8.64. The smallest absolute Gasteiger partial charge is 0.316 e. The Balaban J connectivity index is 2.07. The van der Waals surface area contributed by atoms with Crippen LogP contribution in [0.3, 0.4) is 0 Å². The highest BCUT2D eigenvalue weighted by Gasteiger charge is 2.11. The average Bonchev–Trinajstić information content (AvgIpc) is 2.57. The Morgan fingerprint density at radius 3 is 2.13 bits per heavy atom. The molecule has 3 aromatic rings. The van der Waals surface area contributed by atoms with Gasteiger partial charge in [-0.1, -0.05) is 30.3 Å². The van der Waals surface area contributed by atoms with Crippen LogP contribution in [0.1, 0.15) is 5.56 Å². The third-order valence-corrected chi connectivity index (χ3v) is 3.99. The number of fused-ring (bicyclic) bond motifs is 1.